The lowest BCUT2D eigenvalue weighted by molar-refractivity contribution is 0.111. The van der Waals surface area contributed by atoms with Crippen molar-refractivity contribution in [2.45, 2.75) is 87.8 Å². The standard InChI is InChI=1S/2C24H32ClNS/c2*1-3-21-14-16-26(15-13-20-5-4-6-23(25)17-20)18-22(21)10-7-19-8-11-24(27-2)12-9-19/h2*4-6,8-9,11-12,17,21-22H,3,7,10,13-16,18H2,1-2H3. The molecule has 54 heavy (non-hydrogen) atoms. The van der Waals surface area contributed by atoms with Gasteiger partial charge in [0.25, 0.3) is 0 Å². The van der Waals surface area contributed by atoms with Crippen molar-refractivity contribution in [2.24, 2.45) is 23.7 Å². The molecule has 4 unspecified atom stereocenters. The van der Waals surface area contributed by atoms with Gasteiger partial charge in [0.15, 0.2) is 0 Å². The van der Waals surface area contributed by atoms with E-state index in [0.29, 0.717) is 0 Å². The second kappa shape index (κ2) is 23.3. The quantitative estimate of drug-likeness (QED) is 0.104. The first-order valence-corrected chi connectivity index (χ1v) is 23.8. The van der Waals surface area contributed by atoms with Crippen LogP contribution < -0.4 is 0 Å². The third-order valence-corrected chi connectivity index (χ3v) is 14.1. The molecule has 4 aromatic carbocycles. The molecule has 292 valence electrons. The molecular weight excluding hydrogens is 740 g/mol. The minimum Gasteiger partial charge on any atom is -0.303 e. The molecule has 4 aromatic rings. The van der Waals surface area contributed by atoms with Crippen molar-refractivity contribution >= 4 is 46.7 Å². The van der Waals surface area contributed by atoms with Crippen LogP contribution in [0.2, 0.25) is 10.0 Å². The van der Waals surface area contributed by atoms with Crippen molar-refractivity contribution in [3.05, 3.63) is 129 Å². The van der Waals surface area contributed by atoms with Gasteiger partial charge in [-0.3, -0.25) is 0 Å². The van der Waals surface area contributed by atoms with Crippen LogP contribution in [0.1, 0.15) is 74.6 Å². The lowest BCUT2D eigenvalue weighted by atomic mass is 9.80. The van der Waals surface area contributed by atoms with E-state index in [1.807, 2.05) is 35.7 Å². The first-order valence-electron chi connectivity index (χ1n) is 20.5. The molecule has 0 saturated carbocycles. The molecule has 0 aromatic heterocycles. The van der Waals surface area contributed by atoms with E-state index in [9.17, 15) is 0 Å². The van der Waals surface area contributed by atoms with E-state index >= 15 is 0 Å². The first kappa shape index (κ1) is 43.2. The molecule has 2 heterocycles. The van der Waals surface area contributed by atoms with Gasteiger partial charge in [0, 0.05) is 46.0 Å². The Morgan fingerprint density at radius 2 is 0.926 bits per heavy atom. The van der Waals surface area contributed by atoms with E-state index in [4.69, 9.17) is 23.2 Å². The molecule has 2 nitrogen and oxygen atoms in total. The molecule has 6 rings (SSSR count). The first-order chi connectivity index (χ1) is 26.3. The number of piperidine rings is 2. The number of hydrogen-bond donors (Lipinski definition) is 0. The number of likely N-dealkylation sites (tertiary alicyclic amines) is 2. The summed E-state index contributed by atoms with van der Waals surface area (Å²) >= 11 is 15.9. The smallest absolute Gasteiger partial charge is 0.0408 e. The van der Waals surface area contributed by atoms with Crippen molar-refractivity contribution in [3.63, 3.8) is 0 Å². The van der Waals surface area contributed by atoms with Crippen molar-refractivity contribution in [2.75, 3.05) is 51.8 Å². The molecule has 0 spiro atoms. The molecule has 2 saturated heterocycles. The van der Waals surface area contributed by atoms with E-state index in [2.05, 4.69) is 121 Å². The van der Waals surface area contributed by atoms with Gasteiger partial charge in [0.2, 0.25) is 0 Å². The number of rotatable bonds is 16. The Morgan fingerprint density at radius 1 is 0.519 bits per heavy atom. The minimum absolute atomic E-state index is 0.823. The summed E-state index contributed by atoms with van der Waals surface area (Å²) in [4.78, 5) is 8.06. The fourth-order valence-corrected chi connectivity index (χ4v) is 9.94. The van der Waals surface area contributed by atoms with Crippen molar-refractivity contribution in [1.29, 1.82) is 0 Å². The highest BCUT2D eigenvalue weighted by Gasteiger charge is 2.28. The molecule has 0 bridgehead atoms. The van der Waals surface area contributed by atoms with E-state index in [0.717, 1.165) is 59.6 Å². The average Bonchev–Trinajstić information content (AvgIpc) is 3.21. The summed E-state index contributed by atoms with van der Waals surface area (Å²) in [7, 11) is 0. The Labute approximate surface area is 347 Å². The Bertz CT molecular complexity index is 1520. The van der Waals surface area contributed by atoms with E-state index < -0.39 is 0 Å². The Morgan fingerprint density at radius 3 is 1.28 bits per heavy atom. The maximum Gasteiger partial charge on any atom is 0.0408 e. The predicted octanol–water partition coefficient (Wildman–Crippen LogP) is 13.2. The fourth-order valence-electron chi connectivity index (χ4n) is 8.70. The summed E-state index contributed by atoms with van der Waals surface area (Å²) < 4.78 is 0. The molecule has 0 N–H and O–H groups in total. The lowest BCUT2D eigenvalue weighted by Crippen LogP contribution is -2.41. The zero-order valence-electron chi connectivity index (χ0n) is 33.3. The third kappa shape index (κ3) is 14.2. The van der Waals surface area contributed by atoms with Gasteiger partial charge in [0.1, 0.15) is 0 Å². The van der Waals surface area contributed by atoms with E-state index in [1.54, 1.807) is 0 Å². The maximum atomic E-state index is 6.13. The van der Waals surface area contributed by atoms with Crippen LogP contribution in [0.15, 0.2) is 107 Å². The number of benzene rings is 4. The molecule has 2 aliphatic rings. The number of aryl methyl sites for hydroxylation is 2. The molecule has 2 fully saturated rings. The predicted molar refractivity (Wildman–Crippen MR) is 240 cm³/mol. The highest BCUT2D eigenvalue weighted by Crippen LogP contribution is 2.32. The van der Waals surface area contributed by atoms with E-state index in [1.165, 1.54) is 110 Å². The maximum absolute atomic E-state index is 6.13. The van der Waals surface area contributed by atoms with E-state index in [-0.39, 0.29) is 0 Å². The second-order valence-electron chi connectivity index (χ2n) is 15.6. The van der Waals surface area contributed by atoms with Crippen LogP contribution in [0.4, 0.5) is 0 Å². The molecule has 0 amide bonds. The molecule has 4 atom stereocenters. The highest BCUT2D eigenvalue weighted by molar-refractivity contribution is 7.98. The van der Waals surface area contributed by atoms with Crippen LogP contribution in [0.3, 0.4) is 0 Å². The summed E-state index contributed by atoms with van der Waals surface area (Å²) in [5.74, 6) is 3.42. The monoisotopic (exact) mass is 802 g/mol. The van der Waals surface area contributed by atoms with Crippen molar-refractivity contribution in [3.8, 4) is 0 Å². The van der Waals surface area contributed by atoms with Crippen LogP contribution in [-0.4, -0.2) is 61.6 Å². The summed E-state index contributed by atoms with van der Waals surface area (Å²) in [6.07, 6.45) is 16.8. The summed E-state index contributed by atoms with van der Waals surface area (Å²) in [5.41, 5.74) is 5.67. The lowest BCUT2D eigenvalue weighted by Gasteiger charge is -2.38. The Kier molecular flexibility index (Phi) is 18.7. The molecule has 0 radical (unpaired) electrons. The summed E-state index contributed by atoms with van der Waals surface area (Å²) in [5, 5.41) is 1.70. The molecule has 2 aliphatic heterocycles. The Hall–Kier alpha value is -1.92. The highest BCUT2D eigenvalue weighted by atomic mass is 35.5. The van der Waals surface area contributed by atoms with Gasteiger partial charge < -0.3 is 9.80 Å². The number of thioether (sulfide) groups is 2. The second-order valence-corrected chi connectivity index (χ2v) is 18.2. The van der Waals surface area contributed by atoms with Crippen LogP contribution >= 0.6 is 46.7 Å². The zero-order valence-corrected chi connectivity index (χ0v) is 36.5. The largest absolute Gasteiger partial charge is 0.303 e. The number of hydrogen-bond acceptors (Lipinski definition) is 4. The average molecular weight is 804 g/mol. The van der Waals surface area contributed by atoms with Gasteiger partial charge in [-0.1, -0.05) is 98.4 Å². The van der Waals surface area contributed by atoms with Crippen molar-refractivity contribution < 1.29 is 0 Å². The van der Waals surface area contributed by atoms with Crippen LogP contribution in [0.25, 0.3) is 0 Å². The number of halogens is 2. The molecular formula is C48H64Cl2N2S2. The minimum atomic E-state index is 0.823. The van der Waals surface area contributed by atoms with Gasteiger partial charge in [0.05, 0.1) is 0 Å². The van der Waals surface area contributed by atoms with Crippen LogP contribution in [0.5, 0.6) is 0 Å². The normalized spacial score (nSPS) is 20.7. The van der Waals surface area contributed by atoms with Crippen LogP contribution in [-0.2, 0) is 25.7 Å². The van der Waals surface area contributed by atoms with Crippen molar-refractivity contribution in [1.82, 2.24) is 9.80 Å². The van der Waals surface area contributed by atoms with Gasteiger partial charge >= 0.3 is 0 Å². The molecule has 0 aliphatic carbocycles. The Balaban J connectivity index is 0.000000208. The van der Waals surface area contributed by atoms with Gasteiger partial charge in [-0.2, -0.15) is 0 Å². The summed E-state index contributed by atoms with van der Waals surface area (Å²) in [6.45, 7) is 12.0. The zero-order chi connectivity index (χ0) is 38.1. The van der Waals surface area contributed by atoms with Gasteiger partial charge in [-0.15, -0.1) is 23.5 Å². The summed E-state index contributed by atoms with van der Waals surface area (Å²) in [6, 6.07) is 34.9. The molecule has 6 heteroatoms. The third-order valence-electron chi connectivity index (χ3n) is 12.1. The fraction of sp³-hybridized carbons (Fsp3) is 0.500. The topological polar surface area (TPSA) is 6.48 Å². The number of nitrogens with zero attached hydrogens (tertiary/aromatic N) is 2. The SMILES string of the molecule is CCC1CCN(CCc2cccc(Cl)c2)CC1CCc1ccc(SC)cc1.CCC1CCN(CCc2cccc(Cl)c2)CC1CCc1ccc(SC)cc1. The van der Waals surface area contributed by atoms with Crippen LogP contribution in [0, 0.1) is 23.7 Å². The van der Waals surface area contributed by atoms with Gasteiger partial charge in [-0.25, -0.2) is 0 Å². The van der Waals surface area contributed by atoms with Gasteiger partial charge in [-0.05, 0) is 171 Å².